The van der Waals surface area contributed by atoms with Gasteiger partial charge in [0.1, 0.15) is 0 Å². The first kappa shape index (κ1) is 16.8. The minimum absolute atomic E-state index is 0.278. The van der Waals surface area contributed by atoms with Crippen LogP contribution in [0.15, 0.2) is 9.59 Å². The largest absolute Gasteiger partial charge is 0.332 e. The highest BCUT2D eigenvalue weighted by atomic mass is 35.5. The molecule has 0 fully saturated rings. The van der Waals surface area contributed by atoms with E-state index in [1.165, 1.54) is 9.13 Å². The van der Waals surface area contributed by atoms with Crippen molar-refractivity contribution in [3.8, 4) is 0 Å². The van der Waals surface area contributed by atoms with Gasteiger partial charge in [-0.05, 0) is 20.3 Å². The smallest absolute Gasteiger partial charge is 0.313 e. The van der Waals surface area contributed by atoms with E-state index in [1.54, 1.807) is 7.05 Å². The topological polar surface area (TPSA) is 66.2 Å². The number of nitrogens with zero attached hydrogens (tertiary/aromatic N) is 5. The number of unbranched alkanes of at least 4 members (excludes halogenated alkanes) is 1. The molecule has 8 heteroatoms. The zero-order valence-corrected chi connectivity index (χ0v) is 15.2. The van der Waals surface area contributed by atoms with Crippen LogP contribution in [0.2, 0.25) is 0 Å². The van der Waals surface area contributed by atoms with Gasteiger partial charge in [-0.25, -0.2) is 4.79 Å². The Balaban J connectivity index is 2.47. The maximum absolute atomic E-state index is 13.0. The average molecular weight is 352 g/mol. The fourth-order valence-electron chi connectivity index (χ4n) is 3.18. The number of alkyl halides is 1. The molecular formula is C16H22ClN5O2. The van der Waals surface area contributed by atoms with Crippen LogP contribution in [0.4, 0.5) is 0 Å². The van der Waals surface area contributed by atoms with Gasteiger partial charge in [0, 0.05) is 37.4 Å². The van der Waals surface area contributed by atoms with Crippen molar-refractivity contribution < 1.29 is 0 Å². The van der Waals surface area contributed by atoms with Crippen LogP contribution in [-0.2, 0) is 20.1 Å². The summed E-state index contributed by atoms with van der Waals surface area (Å²) in [4.78, 5) is 30.1. The molecule has 0 saturated carbocycles. The number of hydrogen-bond acceptors (Lipinski definition) is 3. The standard InChI is InChI=1S/C16H22ClN5O2/c1-5-6-8-21-14(23)12-13(19(4)16(21)24)18-15-20(9-7-17)10(2)11(3)22(12)15/h5-9H2,1-4H3. The average Bonchev–Trinajstić information content (AvgIpc) is 3.05. The van der Waals surface area contributed by atoms with Gasteiger partial charge < -0.3 is 4.57 Å². The quantitative estimate of drug-likeness (QED) is 0.658. The summed E-state index contributed by atoms with van der Waals surface area (Å²) < 4.78 is 6.61. The van der Waals surface area contributed by atoms with Gasteiger partial charge in [-0.1, -0.05) is 13.3 Å². The molecule has 0 spiro atoms. The molecule has 7 nitrogen and oxygen atoms in total. The van der Waals surface area contributed by atoms with E-state index in [9.17, 15) is 9.59 Å². The Hall–Kier alpha value is -2.02. The maximum atomic E-state index is 13.0. The third kappa shape index (κ3) is 2.22. The zero-order valence-electron chi connectivity index (χ0n) is 14.5. The Bertz CT molecular complexity index is 1040. The van der Waals surface area contributed by atoms with Gasteiger partial charge in [0.25, 0.3) is 5.56 Å². The van der Waals surface area contributed by atoms with E-state index in [2.05, 4.69) is 4.98 Å². The zero-order chi connectivity index (χ0) is 17.6. The van der Waals surface area contributed by atoms with Crippen molar-refractivity contribution in [1.29, 1.82) is 0 Å². The summed E-state index contributed by atoms with van der Waals surface area (Å²) in [7, 11) is 1.66. The van der Waals surface area contributed by atoms with Crippen molar-refractivity contribution in [3.05, 3.63) is 32.2 Å². The first-order valence-electron chi connectivity index (χ1n) is 8.17. The summed E-state index contributed by atoms with van der Waals surface area (Å²) in [6.07, 6.45) is 1.70. The van der Waals surface area contributed by atoms with Crippen molar-refractivity contribution in [2.45, 2.75) is 46.7 Å². The minimum atomic E-state index is -0.319. The lowest BCUT2D eigenvalue weighted by Crippen LogP contribution is -2.39. The van der Waals surface area contributed by atoms with Crippen LogP contribution in [0, 0.1) is 13.8 Å². The van der Waals surface area contributed by atoms with E-state index in [-0.39, 0.29) is 11.2 Å². The molecule has 3 aromatic heterocycles. The van der Waals surface area contributed by atoms with Crippen LogP contribution in [0.1, 0.15) is 31.2 Å². The molecule has 130 valence electrons. The Morgan fingerprint density at radius 2 is 1.79 bits per heavy atom. The van der Waals surface area contributed by atoms with Gasteiger partial charge in [0.2, 0.25) is 5.78 Å². The van der Waals surface area contributed by atoms with Crippen molar-refractivity contribution in [2.75, 3.05) is 5.88 Å². The number of hydrogen-bond donors (Lipinski definition) is 0. The highest BCUT2D eigenvalue weighted by Crippen LogP contribution is 2.20. The van der Waals surface area contributed by atoms with E-state index in [4.69, 9.17) is 11.6 Å². The van der Waals surface area contributed by atoms with E-state index in [0.29, 0.717) is 35.9 Å². The van der Waals surface area contributed by atoms with E-state index in [0.717, 1.165) is 24.2 Å². The molecule has 0 unspecified atom stereocenters. The predicted octanol–water partition coefficient (Wildman–Crippen LogP) is 1.81. The first-order valence-corrected chi connectivity index (χ1v) is 8.71. The normalized spacial score (nSPS) is 11.9. The molecule has 0 aliphatic heterocycles. The van der Waals surface area contributed by atoms with Gasteiger partial charge in [-0.3, -0.25) is 18.3 Å². The lowest BCUT2D eigenvalue weighted by molar-refractivity contribution is 0.566. The number of imidazole rings is 2. The van der Waals surface area contributed by atoms with Crippen LogP contribution in [0.3, 0.4) is 0 Å². The molecule has 3 rings (SSSR count). The fraction of sp³-hybridized carbons (Fsp3) is 0.562. The lowest BCUT2D eigenvalue weighted by atomic mass is 10.3. The van der Waals surface area contributed by atoms with Crippen LogP contribution in [0.5, 0.6) is 0 Å². The molecule has 0 bridgehead atoms. The van der Waals surface area contributed by atoms with Crippen molar-refractivity contribution >= 4 is 28.5 Å². The molecule has 0 atom stereocenters. The Kier molecular flexibility index (Phi) is 4.29. The minimum Gasteiger partial charge on any atom is -0.313 e. The number of fused-ring (bicyclic) bond motifs is 3. The van der Waals surface area contributed by atoms with Gasteiger partial charge in [-0.15, -0.1) is 11.6 Å². The second-order valence-electron chi connectivity index (χ2n) is 6.08. The lowest BCUT2D eigenvalue weighted by Gasteiger charge is -2.07. The Morgan fingerprint density at radius 1 is 1.08 bits per heavy atom. The van der Waals surface area contributed by atoms with Crippen molar-refractivity contribution in [3.63, 3.8) is 0 Å². The third-order valence-electron chi connectivity index (χ3n) is 4.67. The molecule has 24 heavy (non-hydrogen) atoms. The molecule has 3 heterocycles. The molecule has 3 aromatic rings. The van der Waals surface area contributed by atoms with Crippen LogP contribution < -0.4 is 11.2 Å². The van der Waals surface area contributed by atoms with Gasteiger partial charge in [0.05, 0.1) is 0 Å². The van der Waals surface area contributed by atoms with Crippen molar-refractivity contribution in [1.82, 2.24) is 23.1 Å². The number of aromatic nitrogens is 5. The molecular weight excluding hydrogens is 330 g/mol. The second kappa shape index (κ2) is 6.12. The first-order chi connectivity index (χ1) is 11.4. The molecule has 0 aliphatic rings. The highest BCUT2D eigenvalue weighted by Gasteiger charge is 2.22. The summed E-state index contributed by atoms with van der Waals surface area (Å²) in [6, 6.07) is 0. The summed E-state index contributed by atoms with van der Waals surface area (Å²) >= 11 is 5.91. The summed E-state index contributed by atoms with van der Waals surface area (Å²) in [6.45, 7) is 7.00. The highest BCUT2D eigenvalue weighted by molar-refractivity contribution is 6.17. The molecule has 0 aromatic carbocycles. The maximum Gasteiger partial charge on any atom is 0.332 e. The van der Waals surface area contributed by atoms with E-state index in [1.807, 2.05) is 29.7 Å². The molecule has 0 amide bonds. The predicted molar refractivity (Wildman–Crippen MR) is 95.3 cm³/mol. The molecule has 0 aliphatic carbocycles. The van der Waals surface area contributed by atoms with Crippen LogP contribution in [0.25, 0.3) is 16.9 Å². The Morgan fingerprint density at radius 3 is 2.42 bits per heavy atom. The van der Waals surface area contributed by atoms with Crippen molar-refractivity contribution in [2.24, 2.45) is 7.05 Å². The second-order valence-corrected chi connectivity index (χ2v) is 6.46. The molecule has 0 N–H and O–H groups in total. The molecule has 0 saturated heterocycles. The summed E-state index contributed by atoms with van der Waals surface area (Å²) in [5.74, 6) is 1.11. The van der Waals surface area contributed by atoms with Gasteiger partial charge in [-0.2, -0.15) is 4.98 Å². The summed E-state index contributed by atoms with van der Waals surface area (Å²) in [5.41, 5.74) is 2.24. The Labute approximate surface area is 144 Å². The third-order valence-corrected chi connectivity index (χ3v) is 4.84. The monoisotopic (exact) mass is 351 g/mol. The van der Waals surface area contributed by atoms with Crippen LogP contribution >= 0.6 is 11.6 Å². The van der Waals surface area contributed by atoms with E-state index >= 15 is 0 Å². The van der Waals surface area contributed by atoms with Gasteiger partial charge >= 0.3 is 5.69 Å². The fourth-order valence-corrected chi connectivity index (χ4v) is 3.35. The number of rotatable bonds is 5. The summed E-state index contributed by atoms with van der Waals surface area (Å²) in [5, 5.41) is 0. The SMILES string of the molecule is CCCCn1c(=O)c2c(nc3n(CCCl)c(C)c(C)n23)n(C)c1=O. The van der Waals surface area contributed by atoms with E-state index < -0.39 is 0 Å². The van der Waals surface area contributed by atoms with Crippen LogP contribution in [-0.4, -0.2) is 29.0 Å². The number of aryl methyl sites for hydroxylation is 3. The van der Waals surface area contributed by atoms with Gasteiger partial charge in [0.15, 0.2) is 11.2 Å². The molecule has 0 radical (unpaired) electrons. The number of halogens is 1.